The molecule has 0 bridgehead atoms. The maximum Gasteiger partial charge on any atom is 0.000800 e. The average Bonchev–Trinajstić information content (AvgIpc) is 2.83. The summed E-state index contributed by atoms with van der Waals surface area (Å²) >= 11 is 0. The molecule has 1 aliphatic carbocycles. The number of hydrogen-bond donors (Lipinski definition) is 1. The Kier molecular flexibility index (Phi) is 2.83. The summed E-state index contributed by atoms with van der Waals surface area (Å²) in [7, 11) is 2.06. The summed E-state index contributed by atoms with van der Waals surface area (Å²) in [6.45, 7) is 5.54. The summed E-state index contributed by atoms with van der Waals surface area (Å²) in [6.07, 6.45) is 4.03. The number of benzene rings is 1. The summed E-state index contributed by atoms with van der Waals surface area (Å²) < 4.78 is 0. The highest BCUT2D eigenvalue weighted by Gasteiger charge is 2.41. The van der Waals surface area contributed by atoms with Crippen molar-refractivity contribution in [3.8, 4) is 0 Å². The fraction of sp³-hybridized carbons (Fsp3) is 0.571. The first-order chi connectivity index (χ1) is 7.13. The molecule has 1 aliphatic rings. The summed E-state index contributed by atoms with van der Waals surface area (Å²) in [5.41, 5.74) is 4.88. The molecule has 82 valence electrons. The monoisotopic (exact) mass is 203 g/mol. The van der Waals surface area contributed by atoms with Crippen molar-refractivity contribution in [2.24, 2.45) is 5.41 Å². The van der Waals surface area contributed by atoms with Gasteiger partial charge in [0, 0.05) is 6.54 Å². The van der Waals surface area contributed by atoms with Crippen LogP contribution in [-0.2, 0) is 6.42 Å². The van der Waals surface area contributed by atoms with E-state index in [1.807, 2.05) is 0 Å². The molecule has 1 aromatic rings. The number of hydrogen-bond acceptors (Lipinski definition) is 1. The minimum Gasteiger partial charge on any atom is -0.319 e. The van der Waals surface area contributed by atoms with Crippen molar-refractivity contribution in [2.75, 3.05) is 13.6 Å². The van der Waals surface area contributed by atoms with Gasteiger partial charge in [0.1, 0.15) is 0 Å². The molecule has 1 aromatic carbocycles. The van der Waals surface area contributed by atoms with E-state index in [1.54, 1.807) is 0 Å². The number of nitrogens with one attached hydrogen (secondary N) is 1. The Bertz CT molecular complexity index is 330. The lowest BCUT2D eigenvalue weighted by atomic mass is 9.94. The van der Waals surface area contributed by atoms with Gasteiger partial charge in [0.05, 0.1) is 0 Å². The molecular formula is C14H21N. The minimum absolute atomic E-state index is 0.578. The first-order valence-electron chi connectivity index (χ1n) is 5.85. The first kappa shape index (κ1) is 10.7. The maximum absolute atomic E-state index is 3.32. The van der Waals surface area contributed by atoms with E-state index in [2.05, 4.69) is 44.4 Å². The van der Waals surface area contributed by atoms with Crippen molar-refractivity contribution >= 4 is 0 Å². The standard InChI is InChI=1S/C14H21N/c1-11-6-12(2)8-13(7-11)9-14(4-5-14)10-15-3/h6-8,15H,4-5,9-10H2,1-3H3. The van der Waals surface area contributed by atoms with Crippen LogP contribution in [0.25, 0.3) is 0 Å². The topological polar surface area (TPSA) is 12.0 Å². The summed E-state index contributed by atoms with van der Waals surface area (Å²) in [5, 5.41) is 3.32. The lowest BCUT2D eigenvalue weighted by Crippen LogP contribution is -2.21. The van der Waals surface area contributed by atoms with Gasteiger partial charge in [-0.2, -0.15) is 0 Å². The average molecular weight is 203 g/mol. The molecule has 0 unspecified atom stereocenters. The van der Waals surface area contributed by atoms with Crippen molar-refractivity contribution < 1.29 is 0 Å². The van der Waals surface area contributed by atoms with Crippen LogP contribution in [0.1, 0.15) is 29.5 Å². The second-order valence-electron chi connectivity index (χ2n) is 5.20. The van der Waals surface area contributed by atoms with E-state index in [0.717, 1.165) is 0 Å². The van der Waals surface area contributed by atoms with Crippen LogP contribution in [-0.4, -0.2) is 13.6 Å². The summed E-state index contributed by atoms with van der Waals surface area (Å²) in [4.78, 5) is 0. The van der Waals surface area contributed by atoms with Crippen LogP contribution in [0.3, 0.4) is 0 Å². The number of aryl methyl sites for hydroxylation is 2. The van der Waals surface area contributed by atoms with Gasteiger partial charge in [0.15, 0.2) is 0 Å². The van der Waals surface area contributed by atoms with E-state index in [4.69, 9.17) is 0 Å². The third kappa shape index (κ3) is 2.60. The van der Waals surface area contributed by atoms with Crippen molar-refractivity contribution in [1.29, 1.82) is 0 Å². The Morgan fingerprint density at radius 3 is 2.20 bits per heavy atom. The Hall–Kier alpha value is -0.820. The Morgan fingerprint density at radius 1 is 1.13 bits per heavy atom. The van der Waals surface area contributed by atoms with Crippen LogP contribution in [0.15, 0.2) is 18.2 Å². The van der Waals surface area contributed by atoms with E-state index in [9.17, 15) is 0 Å². The molecule has 1 heteroatoms. The smallest absolute Gasteiger partial charge is 0.000800 e. The van der Waals surface area contributed by atoms with Crippen LogP contribution in [0.2, 0.25) is 0 Å². The SMILES string of the molecule is CNCC1(Cc2cc(C)cc(C)c2)CC1. The van der Waals surface area contributed by atoms with Gasteiger partial charge in [-0.25, -0.2) is 0 Å². The third-order valence-corrected chi connectivity index (χ3v) is 3.37. The normalized spacial score (nSPS) is 17.8. The van der Waals surface area contributed by atoms with E-state index >= 15 is 0 Å². The first-order valence-corrected chi connectivity index (χ1v) is 5.85. The molecule has 0 heterocycles. The third-order valence-electron chi connectivity index (χ3n) is 3.37. The van der Waals surface area contributed by atoms with Crippen LogP contribution >= 0.6 is 0 Å². The highest BCUT2D eigenvalue weighted by Crippen LogP contribution is 2.47. The zero-order chi connectivity index (χ0) is 10.9. The van der Waals surface area contributed by atoms with Crippen LogP contribution in [0.4, 0.5) is 0 Å². The van der Waals surface area contributed by atoms with Gasteiger partial charge in [-0.1, -0.05) is 29.3 Å². The van der Waals surface area contributed by atoms with Crippen molar-refractivity contribution in [3.63, 3.8) is 0 Å². The predicted octanol–water partition coefficient (Wildman–Crippen LogP) is 2.85. The van der Waals surface area contributed by atoms with E-state index in [0.29, 0.717) is 5.41 Å². The van der Waals surface area contributed by atoms with Gasteiger partial charge >= 0.3 is 0 Å². The highest BCUT2D eigenvalue weighted by molar-refractivity contribution is 5.30. The molecule has 1 saturated carbocycles. The maximum atomic E-state index is 3.32. The van der Waals surface area contributed by atoms with Gasteiger partial charge < -0.3 is 5.32 Å². The second kappa shape index (κ2) is 3.97. The molecule has 1 fully saturated rings. The van der Waals surface area contributed by atoms with Crippen molar-refractivity contribution in [1.82, 2.24) is 5.32 Å². The fourth-order valence-corrected chi connectivity index (χ4v) is 2.57. The lowest BCUT2D eigenvalue weighted by molar-refractivity contribution is 0.478. The molecule has 1 nitrogen and oxygen atoms in total. The Morgan fingerprint density at radius 2 is 1.73 bits per heavy atom. The molecule has 2 rings (SSSR count). The molecule has 0 aliphatic heterocycles. The molecule has 0 amide bonds. The van der Waals surface area contributed by atoms with Crippen molar-refractivity contribution in [3.05, 3.63) is 34.9 Å². The molecule has 15 heavy (non-hydrogen) atoms. The summed E-state index contributed by atoms with van der Waals surface area (Å²) in [6, 6.07) is 6.92. The zero-order valence-electron chi connectivity index (χ0n) is 10.1. The quantitative estimate of drug-likeness (QED) is 0.793. The van der Waals surface area contributed by atoms with E-state index in [-0.39, 0.29) is 0 Å². The fourth-order valence-electron chi connectivity index (χ4n) is 2.57. The van der Waals surface area contributed by atoms with Crippen LogP contribution in [0, 0.1) is 19.3 Å². The lowest BCUT2D eigenvalue weighted by Gasteiger charge is -2.15. The minimum atomic E-state index is 0.578. The van der Waals surface area contributed by atoms with Gasteiger partial charge in [-0.05, 0) is 51.1 Å². The molecular weight excluding hydrogens is 182 g/mol. The molecule has 0 radical (unpaired) electrons. The predicted molar refractivity (Wildman–Crippen MR) is 65.2 cm³/mol. The van der Waals surface area contributed by atoms with Crippen LogP contribution < -0.4 is 5.32 Å². The van der Waals surface area contributed by atoms with Crippen LogP contribution in [0.5, 0.6) is 0 Å². The van der Waals surface area contributed by atoms with Crippen molar-refractivity contribution in [2.45, 2.75) is 33.1 Å². The van der Waals surface area contributed by atoms with E-state index in [1.165, 1.54) is 42.5 Å². The van der Waals surface area contributed by atoms with E-state index < -0.39 is 0 Å². The molecule has 0 aromatic heterocycles. The van der Waals surface area contributed by atoms with Gasteiger partial charge in [-0.15, -0.1) is 0 Å². The number of rotatable bonds is 4. The Balaban J connectivity index is 2.10. The highest BCUT2D eigenvalue weighted by atomic mass is 14.8. The Labute approximate surface area is 92.9 Å². The van der Waals surface area contributed by atoms with Gasteiger partial charge in [-0.3, -0.25) is 0 Å². The molecule has 1 N–H and O–H groups in total. The largest absolute Gasteiger partial charge is 0.319 e. The molecule has 0 atom stereocenters. The second-order valence-corrected chi connectivity index (χ2v) is 5.20. The van der Waals surface area contributed by atoms with Gasteiger partial charge in [0.2, 0.25) is 0 Å². The molecule has 0 saturated heterocycles. The summed E-state index contributed by atoms with van der Waals surface area (Å²) in [5.74, 6) is 0. The van der Waals surface area contributed by atoms with Gasteiger partial charge in [0.25, 0.3) is 0 Å². The molecule has 0 spiro atoms. The zero-order valence-corrected chi connectivity index (χ0v) is 10.1.